The molecule has 2 aliphatic rings. The first-order chi connectivity index (χ1) is 12.7. The third-order valence-corrected chi connectivity index (χ3v) is 5.67. The van der Waals surface area contributed by atoms with Crippen molar-refractivity contribution in [3.05, 3.63) is 47.3 Å². The largest absolute Gasteiger partial charge is 0.465 e. The van der Waals surface area contributed by atoms with Crippen molar-refractivity contribution in [1.82, 2.24) is 15.2 Å². The van der Waals surface area contributed by atoms with E-state index in [1.807, 2.05) is 4.68 Å². The number of nitrogens with two attached hydrogens (primary N) is 1. The molecule has 6 heteroatoms. The van der Waals surface area contributed by atoms with Gasteiger partial charge in [0, 0.05) is 12.0 Å². The van der Waals surface area contributed by atoms with E-state index >= 15 is 0 Å². The summed E-state index contributed by atoms with van der Waals surface area (Å²) in [6, 6.07) is 8.93. The van der Waals surface area contributed by atoms with Crippen LogP contribution in [0.4, 0.5) is 0 Å². The standard InChI is InChI=1S/C20H26N4O2/c1-26-20(25)18-12-22-24(19(18)13-8-9-13)17-7-3-5-15(11-17)14-4-2-6-16(10-14)23-21/h3,5,7,11-14,16,23H,2,4,6,8-10,21H2,1H3/t14-,16+/m0/s1. The van der Waals surface area contributed by atoms with E-state index in [0.29, 0.717) is 23.4 Å². The van der Waals surface area contributed by atoms with Crippen LogP contribution in [-0.4, -0.2) is 28.9 Å². The van der Waals surface area contributed by atoms with E-state index in [0.717, 1.165) is 37.1 Å². The molecular weight excluding hydrogens is 328 g/mol. The highest BCUT2D eigenvalue weighted by Gasteiger charge is 2.33. The maximum atomic E-state index is 12.1. The smallest absolute Gasteiger partial charge is 0.341 e. The molecule has 0 amide bonds. The Labute approximate surface area is 153 Å². The Morgan fingerprint density at radius 1 is 1.27 bits per heavy atom. The average Bonchev–Trinajstić information content (AvgIpc) is 3.45. The second-order valence-electron chi connectivity index (χ2n) is 7.44. The summed E-state index contributed by atoms with van der Waals surface area (Å²) in [5.41, 5.74) is 6.84. The number of benzene rings is 1. The Kier molecular flexibility index (Phi) is 4.78. The molecule has 1 aromatic heterocycles. The fourth-order valence-electron chi connectivity index (χ4n) is 4.13. The van der Waals surface area contributed by atoms with Gasteiger partial charge in [-0.3, -0.25) is 11.3 Å². The van der Waals surface area contributed by atoms with Crippen molar-refractivity contribution in [2.75, 3.05) is 7.11 Å². The van der Waals surface area contributed by atoms with E-state index < -0.39 is 0 Å². The third kappa shape index (κ3) is 3.27. The van der Waals surface area contributed by atoms with Crippen LogP contribution in [0.5, 0.6) is 0 Å². The van der Waals surface area contributed by atoms with Crippen LogP contribution in [0.15, 0.2) is 30.5 Å². The second kappa shape index (κ2) is 7.21. The highest BCUT2D eigenvalue weighted by atomic mass is 16.5. The van der Waals surface area contributed by atoms with Gasteiger partial charge in [-0.1, -0.05) is 18.6 Å². The lowest BCUT2D eigenvalue weighted by Crippen LogP contribution is -2.38. The van der Waals surface area contributed by atoms with Crippen LogP contribution in [0.3, 0.4) is 0 Å². The van der Waals surface area contributed by atoms with Gasteiger partial charge in [-0.15, -0.1) is 0 Å². The van der Waals surface area contributed by atoms with Crippen molar-refractivity contribution < 1.29 is 9.53 Å². The predicted octanol–water partition coefficient (Wildman–Crippen LogP) is 3.03. The van der Waals surface area contributed by atoms with Crippen LogP contribution in [-0.2, 0) is 4.74 Å². The van der Waals surface area contributed by atoms with Crippen LogP contribution in [0, 0.1) is 0 Å². The average molecular weight is 354 g/mol. The fraction of sp³-hybridized carbons (Fsp3) is 0.500. The number of esters is 1. The van der Waals surface area contributed by atoms with E-state index in [1.165, 1.54) is 25.5 Å². The first-order valence-electron chi connectivity index (χ1n) is 9.44. The molecule has 0 unspecified atom stereocenters. The predicted molar refractivity (Wildman–Crippen MR) is 99.2 cm³/mol. The number of carbonyl (C=O) groups excluding carboxylic acids is 1. The number of nitrogens with one attached hydrogen (secondary N) is 1. The van der Waals surface area contributed by atoms with Gasteiger partial charge in [0.25, 0.3) is 0 Å². The van der Waals surface area contributed by atoms with Gasteiger partial charge >= 0.3 is 5.97 Å². The molecule has 2 aliphatic carbocycles. The van der Waals surface area contributed by atoms with Crippen LogP contribution in [0.2, 0.25) is 0 Å². The van der Waals surface area contributed by atoms with Gasteiger partial charge in [0.2, 0.25) is 0 Å². The molecule has 2 fully saturated rings. The number of aromatic nitrogens is 2. The Bertz CT molecular complexity index is 797. The number of carbonyl (C=O) groups is 1. The number of rotatable bonds is 5. The zero-order chi connectivity index (χ0) is 18.1. The zero-order valence-electron chi connectivity index (χ0n) is 15.1. The van der Waals surface area contributed by atoms with Gasteiger partial charge in [-0.25, -0.2) is 9.48 Å². The zero-order valence-corrected chi connectivity index (χ0v) is 15.1. The minimum Gasteiger partial charge on any atom is -0.465 e. The molecule has 2 saturated carbocycles. The Morgan fingerprint density at radius 2 is 2.12 bits per heavy atom. The Morgan fingerprint density at radius 3 is 2.85 bits per heavy atom. The number of hydrazine groups is 1. The van der Waals surface area contributed by atoms with E-state index in [4.69, 9.17) is 10.6 Å². The number of ether oxygens (including phenoxy) is 1. The van der Waals surface area contributed by atoms with Gasteiger partial charge in [-0.05, 0) is 55.7 Å². The van der Waals surface area contributed by atoms with E-state index in [2.05, 4.69) is 34.8 Å². The maximum absolute atomic E-state index is 12.1. The molecule has 0 aliphatic heterocycles. The maximum Gasteiger partial charge on any atom is 0.341 e. The summed E-state index contributed by atoms with van der Waals surface area (Å²) in [6.45, 7) is 0. The van der Waals surface area contributed by atoms with Gasteiger partial charge in [-0.2, -0.15) is 5.10 Å². The molecule has 1 aromatic carbocycles. The van der Waals surface area contributed by atoms with Gasteiger partial charge in [0.05, 0.1) is 24.7 Å². The highest BCUT2D eigenvalue weighted by molar-refractivity contribution is 5.90. The van der Waals surface area contributed by atoms with E-state index in [-0.39, 0.29) is 5.97 Å². The highest BCUT2D eigenvalue weighted by Crippen LogP contribution is 2.43. The quantitative estimate of drug-likeness (QED) is 0.490. The molecule has 1 heterocycles. The molecule has 2 aromatic rings. The molecule has 0 spiro atoms. The molecule has 138 valence electrons. The molecule has 26 heavy (non-hydrogen) atoms. The summed E-state index contributed by atoms with van der Waals surface area (Å²) >= 11 is 0. The second-order valence-corrected chi connectivity index (χ2v) is 7.44. The van der Waals surface area contributed by atoms with Crippen molar-refractivity contribution in [2.45, 2.75) is 56.4 Å². The number of hydrogen-bond donors (Lipinski definition) is 2. The molecule has 2 atom stereocenters. The lowest BCUT2D eigenvalue weighted by atomic mass is 9.81. The van der Waals surface area contributed by atoms with Crippen molar-refractivity contribution in [3.63, 3.8) is 0 Å². The van der Waals surface area contributed by atoms with Gasteiger partial charge in [0.15, 0.2) is 0 Å². The molecule has 0 saturated heterocycles. The van der Waals surface area contributed by atoms with E-state index in [1.54, 1.807) is 6.20 Å². The topological polar surface area (TPSA) is 82.2 Å². The lowest BCUT2D eigenvalue weighted by Gasteiger charge is -2.29. The minimum atomic E-state index is -0.307. The summed E-state index contributed by atoms with van der Waals surface area (Å²) in [5.74, 6) is 6.26. The van der Waals surface area contributed by atoms with Gasteiger partial charge in [0.1, 0.15) is 5.56 Å². The molecular formula is C20H26N4O2. The summed E-state index contributed by atoms with van der Waals surface area (Å²) < 4.78 is 6.86. The minimum absolute atomic E-state index is 0.307. The first-order valence-corrected chi connectivity index (χ1v) is 9.44. The molecule has 0 bridgehead atoms. The summed E-state index contributed by atoms with van der Waals surface area (Å²) in [7, 11) is 1.42. The van der Waals surface area contributed by atoms with Crippen LogP contribution < -0.4 is 11.3 Å². The molecule has 3 N–H and O–H groups in total. The molecule has 6 nitrogen and oxygen atoms in total. The summed E-state index contributed by atoms with van der Waals surface area (Å²) in [6.07, 6.45) is 8.40. The van der Waals surface area contributed by atoms with Crippen molar-refractivity contribution in [3.8, 4) is 5.69 Å². The lowest BCUT2D eigenvalue weighted by molar-refractivity contribution is 0.0599. The summed E-state index contributed by atoms with van der Waals surface area (Å²) in [4.78, 5) is 12.1. The Balaban J connectivity index is 1.67. The summed E-state index contributed by atoms with van der Waals surface area (Å²) in [5, 5.41) is 4.52. The van der Waals surface area contributed by atoms with E-state index in [9.17, 15) is 4.79 Å². The molecule has 0 radical (unpaired) electrons. The normalized spacial score (nSPS) is 23.0. The van der Waals surface area contributed by atoms with Crippen molar-refractivity contribution >= 4 is 5.97 Å². The first kappa shape index (κ1) is 17.2. The SMILES string of the molecule is COC(=O)c1cnn(-c2cccc([C@H]3CCC[C@@H](NN)C3)c2)c1C1CC1. The van der Waals surface area contributed by atoms with Crippen LogP contribution in [0.25, 0.3) is 5.69 Å². The number of hydrogen-bond acceptors (Lipinski definition) is 5. The van der Waals surface area contributed by atoms with Crippen LogP contribution >= 0.6 is 0 Å². The number of nitrogens with zero attached hydrogens (tertiary/aromatic N) is 2. The Hall–Kier alpha value is -2.18. The number of methoxy groups -OCH3 is 1. The molecule has 4 rings (SSSR count). The van der Waals surface area contributed by atoms with Gasteiger partial charge < -0.3 is 4.74 Å². The third-order valence-electron chi connectivity index (χ3n) is 5.67. The monoisotopic (exact) mass is 354 g/mol. The van der Waals surface area contributed by atoms with Crippen LogP contribution in [0.1, 0.15) is 72.0 Å². The fourth-order valence-corrected chi connectivity index (χ4v) is 4.13. The van der Waals surface area contributed by atoms with Crippen molar-refractivity contribution in [2.24, 2.45) is 5.84 Å². The van der Waals surface area contributed by atoms with Crippen molar-refractivity contribution in [1.29, 1.82) is 0 Å².